The first-order chi connectivity index (χ1) is 14.6. The summed E-state index contributed by atoms with van der Waals surface area (Å²) >= 11 is 15.7. The van der Waals surface area contributed by atoms with Crippen LogP contribution in [0.2, 0.25) is 10.0 Å². The number of benzene rings is 3. The van der Waals surface area contributed by atoms with Crippen LogP contribution in [0.3, 0.4) is 0 Å². The van der Waals surface area contributed by atoms with E-state index < -0.39 is 0 Å². The summed E-state index contributed by atoms with van der Waals surface area (Å²) < 4.78 is 0. The molecular formula is C25H23Cl2NS2. The fourth-order valence-electron chi connectivity index (χ4n) is 2.67. The molecule has 0 fully saturated rings. The van der Waals surface area contributed by atoms with Crippen molar-refractivity contribution in [3.05, 3.63) is 111 Å². The fourth-order valence-corrected chi connectivity index (χ4v) is 4.94. The number of thioether (sulfide) groups is 2. The number of hydrogen-bond donors (Lipinski definition) is 0. The average molecular weight is 473 g/mol. The van der Waals surface area contributed by atoms with Crippen molar-refractivity contribution in [1.82, 2.24) is 0 Å². The number of aliphatic imine (C=N–C) groups is 1. The predicted molar refractivity (Wildman–Crippen MR) is 138 cm³/mol. The highest BCUT2D eigenvalue weighted by atomic mass is 35.5. The van der Waals surface area contributed by atoms with Gasteiger partial charge in [0.25, 0.3) is 0 Å². The lowest BCUT2D eigenvalue weighted by atomic mass is 10.2. The maximum Gasteiger partial charge on any atom is 0.0972 e. The molecule has 3 aromatic rings. The third-order valence-corrected chi connectivity index (χ3v) is 6.64. The number of nitrogens with zero attached hydrogens (tertiary/aromatic N) is 1. The topological polar surface area (TPSA) is 12.4 Å². The largest absolute Gasteiger partial charge is 0.242 e. The molecule has 0 saturated heterocycles. The summed E-state index contributed by atoms with van der Waals surface area (Å²) in [5.41, 5.74) is 4.62. The van der Waals surface area contributed by atoms with Crippen molar-refractivity contribution < 1.29 is 0 Å². The molecule has 0 heterocycles. The molecule has 5 heteroatoms. The van der Waals surface area contributed by atoms with Gasteiger partial charge in [0.05, 0.1) is 10.7 Å². The standard InChI is InChI=1S/C25H23Cl2NS2/c1-19-7-11-23(12-8-19)28-25(30-16-13-20-5-3-2-4-6-20)14-15-29-18-21-9-10-22(26)17-24(21)27/h2-12,14-15,17H,13,16,18H2,1H3. The molecule has 0 spiro atoms. The van der Waals surface area contributed by atoms with Gasteiger partial charge >= 0.3 is 0 Å². The Morgan fingerprint density at radius 3 is 2.47 bits per heavy atom. The van der Waals surface area contributed by atoms with Crippen molar-refractivity contribution in [2.45, 2.75) is 19.1 Å². The Morgan fingerprint density at radius 1 is 0.967 bits per heavy atom. The van der Waals surface area contributed by atoms with E-state index >= 15 is 0 Å². The average Bonchev–Trinajstić information content (AvgIpc) is 2.74. The number of rotatable bonds is 8. The molecule has 0 aliphatic heterocycles. The summed E-state index contributed by atoms with van der Waals surface area (Å²) in [6.07, 6.45) is 3.10. The molecule has 3 aromatic carbocycles. The smallest absolute Gasteiger partial charge is 0.0972 e. The second-order valence-electron chi connectivity index (χ2n) is 6.72. The predicted octanol–water partition coefficient (Wildman–Crippen LogP) is 8.75. The third-order valence-electron chi connectivity index (χ3n) is 4.32. The van der Waals surface area contributed by atoms with Gasteiger partial charge in [0.2, 0.25) is 0 Å². The second-order valence-corrected chi connectivity index (χ2v) is 9.57. The Labute approximate surface area is 197 Å². The minimum absolute atomic E-state index is 0.659. The van der Waals surface area contributed by atoms with Crippen LogP contribution in [0.1, 0.15) is 16.7 Å². The monoisotopic (exact) mass is 471 g/mol. The lowest BCUT2D eigenvalue weighted by molar-refractivity contribution is 1.16. The van der Waals surface area contributed by atoms with Crippen molar-refractivity contribution >= 4 is 57.5 Å². The molecule has 0 amide bonds. The molecule has 0 N–H and O–H groups in total. The Kier molecular flexibility index (Phi) is 9.41. The Morgan fingerprint density at radius 2 is 1.73 bits per heavy atom. The quantitative estimate of drug-likeness (QED) is 0.240. The van der Waals surface area contributed by atoms with Crippen LogP contribution in [-0.4, -0.2) is 10.8 Å². The molecule has 0 aliphatic rings. The zero-order valence-electron chi connectivity index (χ0n) is 16.7. The van der Waals surface area contributed by atoms with E-state index in [0.717, 1.165) is 34.2 Å². The van der Waals surface area contributed by atoms with E-state index in [1.165, 1.54) is 11.1 Å². The number of halogens is 2. The maximum atomic E-state index is 6.27. The SMILES string of the molecule is Cc1ccc(N=C(C=CSCc2ccc(Cl)cc2Cl)SCCc2ccccc2)cc1. The lowest BCUT2D eigenvalue weighted by Gasteiger charge is -2.05. The van der Waals surface area contributed by atoms with Gasteiger partial charge in [-0.25, -0.2) is 4.99 Å². The molecule has 0 atom stereocenters. The zero-order chi connectivity index (χ0) is 21.2. The summed E-state index contributed by atoms with van der Waals surface area (Å²) in [7, 11) is 0. The minimum Gasteiger partial charge on any atom is -0.242 e. The number of hydrogen-bond acceptors (Lipinski definition) is 3. The Bertz CT molecular complexity index is 999. The van der Waals surface area contributed by atoms with Crippen LogP contribution in [-0.2, 0) is 12.2 Å². The molecule has 1 nitrogen and oxygen atoms in total. The zero-order valence-corrected chi connectivity index (χ0v) is 19.9. The van der Waals surface area contributed by atoms with Gasteiger partial charge < -0.3 is 0 Å². The van der Waals surface area contributed by atoms with Gasteiger partial charge in [0.1, 0.15) is 0 Å². The van der Waals surface area contributed by atoms with E-state index in [2.05, 4.69) is 66.9 Å². The molecule has 0 unspecified atom stereocenters. The summed E-state index contributed by atoms with van der Waals surface area (Å²) in [5.74, 6) is 1.77. The van der Waals surface area contributed by atoms with Crippen LogP contribution in [0.4, 0.5) is 5.69 Å². The molecule has 0 saturated carbocycles. The normalized spacial score (nSPS) is 11.9. The minimum atomic E-state index is 0.659. The van der Waals surface area contributed by atoms with Crippen LogP contribution in [0.15, 0.2) is 89.3 Å². The third kappa shape index (κ3) is 7.88. The molecule has 0 aliphatic carbocycles. The summed E-state index contributed by atoms with van der Waals surface area (Å²) in [5, 5.41) is 4.46. The molecule has 154 valence electrons. The maximum absolute atomic E-state index is 6.27. The highest BCUT2D eigenvalue weighted by Gasteiger charge is 2.02. The first-order valence-electron chi connectivity index (χ1n) is 9.64. The molecule has 30 heavy (non-hydrogen) atoms. The van der Waals surface area contributed by atoms with E-state index in [4.69, 9.17) is 28.2 Å². The van der Waals surface area contributed by atoms with Crippen molar-refractivity contribution in [1.29, 1.82) is 0 Å². The van der Waals surface area contributed by atoms with Crippen molar-refractivity contribution in [3.8, 4) is 0 Å². The second kappa shape index (κ2) is 12.3. The van der Waals surface area contributed by atoms with Crippen LogP contribution in [0, 0.1) is 6.92 Å². The van der Waals surface area contributed by atoms with Crippen LogP contribution >= 0.6 is 46.7 Å². The van der Waals surface area contributed by atoms with Gasteiger partial charge in [-0.2, -0.15) is 0 Å². The summed E-state index contributed by atoms with van der Waals surface area (Å²) in [6, 6.07) is 24.5. The molecule has 0 aromatic heterocycles. The Hall–Kier alpha value is -1.65. The van der Waals surface area contributed by atoms with Gasteiger partial charge in [-0.1, -0.05) is 77.3 Å². The van der Waals surface area contributed by atoms with Crippen LogP contribution < -0.4 is 0 Å². The van der Waals surface area contributed by atoms with E-state index in [1.807, 2.05) is 18.2 Å². The van der Waals surface area contributed by atoms with Gasteiger partial charge in [-0.3, -0.25) is 0 Å². The van der Waals surface area contributed by atoms with E-state index in [9.17, 15) is 0 Å². The van der Waals surface area contributed by atoms with Crippen LogP contribution in [0.5, 0.6) is 0 Å². The lowest BCUT2D eigenvalue weighted by Crippen LogP contribution is -1.93. The van der Waals surface area contributed by atoms with E-state index in [1.54, 1.807) is 29.6 Å². The molecule has 3 rings (SSSR count). The van der Waals surface area contributed by atoms with E-state index in [-0.39, 0.29) is 0 Å². The van der Waals surface area contributed by atoms with Gasteiger partial charge in [0, 0.05) is 21.6 Å². The highest BCUT2D eigenvalue weighted by Crippen LogP contribution is 2.25. The van der Waals surface area contributed by atoms with Crippen molar-refractivity contribution in [2.75, 3.05) is 5.75 Å². The van der Waals surface area contributed by atoms with Crippen LogP contribution in [0.25, 0.3) is 0 Å². The Balaban J connectivity index is 1.63. The first kappa shape index (κ1) is 23.0. The molecule has 0 bridgehead atoms. The van der Waals surface area contributed by atoms with Crippen molar-refractivity contribution in [2.24, 2.45) is 4.99 Å². The molecule has 0 radical (unpaired) electrons. The van der Waals surface area contributed by atoms with Gasteiger partial charge in [-0.05, 0) is 60.2 Å². The fraction of sp³-hybridized carbons (Fsp3) is 0.160. The van der Waals surface area contributed by atoms with Gasteiger partial charge in [-0.15, -0.1) is 23.5 Å². The van der Waals surface area contributed by atoms with Gasteiger partial charge in [0.15, 0.2) is 0 Å². The first-order valence-corrected chi connectivity index (χ1v) is 12.4. The number of aryl methyl sites for hydroxylation is 2. The summed E-state index contributed by atoms with van der Waals surface area (Å²) in [4.78, 5) is 4.84. The van der Waals surface area contributed by atoms with Crippen molar-refractivity contribution in [3.63, 3.8) is 0 Å². The molecular weight excluding hydrogens is 449 g/mol. The summed E-state index contributed by atoms with van der Waals surface area (Å²) in [6.45, 7) is 2.08. The van der Waals surface area contributed by atoms with E-state index in [0.29, 0.717) is 10.0 Å². The highest BCUT2D eigenvalue weighted by molar-refractivity contribution is 8.14.